The number of benzene rings is 2. The fraction of sp³-hybridized carbons (Fsp3) is 0.438. The lowest BCUT2D eigenvalue weighted by Gasteiger charge is -2.25. The van der Waals surface area contributed by atoms with Crippen molar-refractivity contribution >= 4 is 71.0 Å². The standard InChI is InChI=1S/C48H64N12O15/c1-25(18-40(66)67)42(69)58-33(16-17-37(49)62)46(73)60-34(20-29-12-14-31(61)15-13-29)45(72)52-23-38(63)56-36(21-30-22-51-24-53-30)47(74)55-26(2)43(70)54-27(3)44(71)59-35(19-28-8-5-4-6-9-28)48(75)57-32(41(50)68)10-7-11-39(64)65/h4-6,8-9,12-15,22,24-27,32-36,61H,7,10-11,16-21,23H2,1-3H3,(H2,49,62)(H2,50,68)(H,51,53)(H,52,72)(H,54,70)(H,55,74)(H,56,63)(H,57,75)(H,58,69)(H,59,71)(H,60,73)(H,64,65)(H,66,67)/t25-,26-,27-,32-,33-,34-,35-,36-/m0/s1. The van der Waals surface area contributed by atoms with Crippen LogP contribution < -0.4 is 54.0 Å². The lowest BCUT2D eigenvalue weighted by atomic mass is 10.0. The van der Waals surface area contributed by atoms with Crippen LogP contribution in [0.15, 0.2) is 67.1 Å². The monoisotopic (exact) mass is 1050 g/mol. The van der Waals surface area contributed by atoms with Crippen molar-refractivity contribution in [3.63, 3.8) is 0 Å². The third-order valence-electron chi connectivity index (χ3n) is 11.3. The average molecular weight is 1050 g/mol. The maximum atomic E-state index is 13.7. The van der Waals surface area contributed by atoms with Gasteiger partial charge in [-0.3, -0.25) is 57.5 Å². The van der Waals surface area contributed by atoms with Crippen molar-refractivity contribution in [1.82, 2.24) is 52.5 Å². The van der Waals surface area contributed by atoms with Crippen LogP contribution in [0.1, 0.15) is 76.1 Å². The van der Waals surface area contributed by atoms with Gasteiger partial charge in [-0.05, 0) is 56.4 Å². The highest BCUT2D eigenvalue weighted by Gasteiger charge is 2.32. The maximum Gasteiger partial charge on any atom is 0.304 e. The summed E-state index contributed by atoms with van der Waals surface area (Å²) in [5.41, 5.74) is 12.1. The number of phenols is 1. The van der Waals surface area contributed by atoms with Gasteiger partial charge in [0.1, 0.15) is 48.0 Å². The molecule has 1 aromatic heterocycles. The highest BCUT2D eigenvalue weighted by molar-refractivity contribution is 5.97. The molecular formula is C48H64N12O15. The van der Waals surface area contributed by atoms with Crippen LogP contribution in [0, 0.1) is 5.92 Å². The topological polar surface area (TPSA) is 442 Å². The molecule has 0 aliphatic carbocycles. The number of H-pyrrole nitrogens is 1. The number of phenolic OH excluding ortho intramolecular Hbond substituents is 1. The zero-order valence-electron chi connectivity index (χ0n) is 41.4. The summed E-state index contributed by atoms with van der Waals surface area (Å²) < 4.78 is 0. The summed E-state index contributed by atoms with van der Waals surface area (Å²) >= 11 is 0. The van der Waals surface area contributed by atoms with E-state index in [2.05, 4.69) is 52.5 Å². The fourth-order valence-electron chi connectivity index (χ4n) is 7.09. The summed E-state index contributed by atoms with van der Waals surface area (Å²) in [6, 6.07) is 4.49. The van der Waals surface area contributed by atoms with E-state index >= 15 is 0 Å². The number of carboxylic acid groups (broad SMARTS) is 2. The molecule has 0 spiro atoms. The van der Waals surface area contributed by atoms with E-state index in [4.69, 9.17) is 21.7 Å². The minimum Gasteiger partial charge on any atom is -0.508 e. The first-order chi connectivity index (χ1) is 35.4. The summed E-state index contributed by atoms with van der Waals surface area (Å²) in [6.45, 7) is 3.13. The molecule has 0 bridgehead atoms. The largest absolute Gasteiger partial charge is 0.508 e. The Morgan fingerprint density at radius 2 is 1.08 bits per heavy atom. The van der Waals surface area contributed by atoms with Crippen molar-refractivity contribution in [3.8, 4) is 5.75 Å². The molecular weight excluding hydrogens is 985 g/mol. The molecule has 75 heavy (non-hydrogen) atoms. The molecule has 27 nitrogen and oxygen atoms in total. The van der Waals surface area contributed by atoms with Crippen molar-refractivity contribution in [2.45, 2.75) is 121 Å². The van der Waals surface area contributed by atoms with Crippen LogP contribution in [0.3, 0.4) is 0 Å². The van der Waals surface area contributed by atoms with Crippen molar-refractivity contribution in [3.05, 3.63) is 83.9 Å². The number of aromatic nitrogens is 2. The Morgan fingerprint density at radius 3 is 1.65 bits per heavy atom. The molecule has 406 valence electrons. The van der Waals surface area contributed by atoms with Crippen LogP contribution in [0.2, 0.25) is 0 Å². The average Bonchev–Trinajstić information content (AvgIpc) is 3.87. The van der Waals surface area contributed by atoms with Crippen LogP contribution in [0.5, 0.6) is 5.75 Å². The number of carbonyl (C=O) groups is 12. The Kier molecular flexibility index (Phi) is 24.3. The molecule has 0 saturated carbocycles. The van der Waals surface area contributed by atoms with Gasteiger partial charge in [0.05, 0.1) is 19.3 Å². The van der Waals surface area contributed by atoms with E-state index in [0.717, 1.165) is 0 Å². The lowest BCUT2D eigenvalue weighted by Crippen LogP contribution is -2.59. The molecule has 16 N–H and O–H groups in total. The van der Waals surface area contributed by atoms with E-state index in [1.807, 2.05) is 0 Å². The van der Waals surface area contributed by atoms with Gasteiger partial charge < -0.3 is 74.3 Å². The number of aromatic amines is 1. The quantitative estimate of drug-likeness (QED) is 0.0293. The van der Waals surface area contributed by atoms with Gasteiger partial charge >= 0.3 is 11.9 Å². The number of nitrogens with zero attached hydrogens (tertiary/aromatic N) is 1. The van der Waals surface area contributed by atoms with E-state index in [9.17, 15) is 62.6 Å². The third-order valence-corrected chi connectivity index (χ3v) is 11.3. The van der Waals surface area contributed by atoms with Gasteiger partial charge in [0, 0.05) is 49.9 Å². The van der Waals surface area contributed by atoms with Crippen molar-refractivity contribution in [2.24, 2.45) is 17.4 Å². The maximum absolute atomic E-state index is 13.7. The zero-order chi connectivity index (χ0) is 55.8. The summed E-state index contributed by atoms with van der Waals surface area (Å²) in [4.78, 5) is 160. The van der Waals surface area contributed by atoms with Crippen molar-refractivity contribution in [1.29, 1.82) is 0 Å². The van der Waals surface area contributed by atoms with Gasteiger partial charge in [0.2, 0.25) is 59.1 Å². The minimum atomic E-state index is -1.46. The molecule has 2 aromatic carbocycles. The molecule has 0 radical (unpaired) electrons. The van der Waals surface area contributed by atoms with Gasteiger partial charge in [0.25, 0.3) is 0 Å². The molecule has 0 fully saturated rings. The molecule has 27 heteroatoms. The lowest BCUT2D eigenvalue weighted by molar-refractivity contribution is -0.141. The first-order valence-electron chi connectivity index (χ1n) is 23.6. The van der Waals surface area contributed by atoms with Gasteiger partial charge in [0.15, 0.2) is 0 Å². The highest BCUT2D eigenvalue weighted by atomic mass is 16.4. The van der Waals surface area contributed by atoms with Crippen molar-refractivity contribution in [2.75, 3.05) is 6.54 Å². The molecule has 0 aliphatic rings. The first-order valence-corrected chi connectivity index (χ1v) is 23.6. The molecule has 3 rings (SSSR count). The van der Waals surface area contributed by atoms with Gasteiger partial charge in [-0.25, -0.2) is 4.98 Å². The molecule has 1 heterocycles. The SMILES string of the molecule is C[C@H](NC(=O)[C@H](C)NC(=O)[C@H](Cc1cnc[nH]1)NC(=O)CNC(=O)[C@H](Cc1ccc(O)cc1)NC(=O)[C@H](CCC(N)=O)NC(=O)[C@@H](C)CC(=O)O)C(=O)N[C@@H](Cc1ccccc1)C(=O)N[C@@H](CCCC(=O)O)C(N)=O. The number of aromatic hydroxyl groups is 1. The fourth-order valence-corrected chi connectivity index (χ4v) is 7.09. The second-order valence-electron chi connectivity index (χ2n) is 17.6. The number of aliphatic carboxylic acids is 2. The van der Waals surface area contributed by atoms with E-state index < -0.39 is 132 Å². The van der Waals surface area contributed by atoms with E-state index in [1.165, 1.54) is 57.6 Å². The molecule has 0 unspecified atom stereocenters. The summed E-state index contributed by atoms with van der Waals surface area (Å²) in [6.07, 6.45) is 0.554. The van der Waals surface area contributed by atoms with Crippen LogP contribution in [0.25, 0.3) is 0 Å². The smallest absolute Gasteiger partial charge is 0.304 e. The number of carbonyl (C=O) groups excluding carboxylic acids is 10. The third kappa shape index (κ3) is 22.2. The summed E-state index contributed by atoms with van der Waals surface area (Å²) in [7, 11) is 0. The summed E-state index contributed by atoms with van der Waals surface area (Å²) in [5.74, 6) is -12.4. The Balaban J connectivity index is 1.72. The number of primary amides is 2. The van der Waals surface area contributed by atoms with Crippen LogP contribution in [-0.2, 0) is 76.8 Å². The van der Waals surface area contributed by atoms with E-state index in [0.29, 0.717) is 16.8 Å². The van der Waals surface area contributed by atoms with Gasteiger partial charge in [-0.15, -0.1) is 0 Å². The second kappa shape index (κ2) is 30.2. The Bertz CT molecular complexity index is 2490. The van der Waals surface area contributed by atoms with Crippen LogP contribution in [-0.4, -0.2) is 145 Å². The molecule has 3 aromatic rings. The predicted octanol–water partition coefficient (Wildman–Crippen LogP) is -3.19. The number of imidazole rings is 1. The minimum absolute atomic E-state index is 0.0217. The number of nitrogens with one attached hydrogen (secondary N) is 9. The predicted molar refractivity (Wildman–Crippen MR) is 263 cm³/mol. The van der Waals surface area contributed by atoms with E-state index in [-0.39, 0.29) is 57.1 Å². The number of carboxylic acids is 2. The van der Waals surface area contributed by atoms with Crippen LogP contribution in [0.4, 0.5) is 0 Å². The molecule has 0 aliphatic heterocycles. The number of amides is 10. The van der Waals surface area contributed by atoms with Crippen molar-refractivity contribution < 1.29 is 72.9 Å². The Morgan fingerprint density at radius 1 is 0.560 bits per heavy atom. The first kappa shape index (κ1) is 60.4. The van der Waals surface area contributed by atoms with Gasteiger partial charge in [-0.1, -0.05) is 49.4 Å². The zero-order valence-corrected chi connectivity index (χ0v) is 41.4. The summed E-state index contributed by atoms with van der Waals surface area (Å²) in [5, 5.41) is 47.6. The van der Waals surface area contributed by atoms with Crippen LogP contribution >= 0.6 is 0 Å². The molecule has 8 atom stereocenters. The molecule has 10 amide bonds. The number of hydrogen-bond donors (Lipinski definition) is 14. The normalized spacial score (nSPS) is 14.0. The van der Waals surface area contributed by atoms with E-state index in [1.54, 1.807) is 30.3 Å². The Labute approximate surface area is 429 Å². The second-order valence-corrected chi connectivity index (χ2v) is 17.6. The number of nitrogens with two attached hydrogens (primary N) is 2. The Hall–Kier alpha value is -8.91. The number of rotatable bonds is 32. The molecule has 0 saturated heterocycles. The number of hydrogen-bond acceptors (Lipinski definition) is 14. The van der Waals surface area contributed by atoms with Gasteiger partial charge in [-0.2, -0.15) is 0 Å². The highest BCUT2D eigenvalue weighted by Crippen LogP contribution is 2.13.